The molecule has 0 aliphatic heterocycles. The number of carbonyl (C=O) groups is 2. The molecule has 0 aromatic carbocycles. The van der Waals surface area contributed by atoms with Crippen LogP contribution in [0.5, 0.6) is 0 Å². The lowest BCUT2D eigenvalue weighted by atomic mass is 10.0. The average Bonchev–Trinajstić information content (AvgIpc) is 3.25. The highest BCUT2D eigenvalue weighted by atomic mass is 31.2. The highest BCUT2D eigenvalue weighted by Crippen LogP contribution is 2.43. The molecule has 0 aliphatic carbocycles. The van der Waals surface area contributed by atoms with Gasteiger partial charge in [0.05, 0.1) is 26.4 Å². The second-order valence-electron chi connectivity index (χ2n) is 16.4. The summed E-state index contributed by atoms with van der Waals surface area (Å²) in [4.78, 5) is 31.9. The minimum atomic E-state index is -3.87. The quantitative estimate of drug-likeness (QED) is 0.0146. The molecule has 0 aromatic heterocycles. The second-order valence-corrected chi connectivity index (χ2v) is 17.9. The third-order valence-corrected chi connectivity index (χ3v) is 11.9. The van der Waals surface area contributed by atoms with Gasteiger partial charge in [0.15, 0.2) is 18.5 Å². The van der Waals surface area contributed by atoms with Crippen LogP contribution in [0.3, 0.4) is 0 Å². The van der Waals surface area contributed by atoms with Gasteiger partial charge in [-0.3, -0.25) is 13.8 Å². The lowest BCUT2D eigenvalue weighted by molar-refractivity contribution is -0.179. The van der Waals surface area contributed by atoms with Crippen molar-refractivity contribution in [2.75, 3.05) is 33.5 Å². The summed E-state index contributed by atoms with van der Waals surface area (Å²) >= 11 is 0. The van der Waals surface area contributed by atoms with Crippen molar-refractivity contribution >= 4 is 20.1 Å². The van der Waals surface area contributed by atoms with E-state index >= 15 is 0 Å². The maximum Gasteiger partial charge on any atom is 0.472 e. The van der Waals surface area contributed by atoms with Gasteiger partial charge in [-0.05, 0) is 12.8 Å². The summed E-state index contributed by atoms with van der Waals surface area (Å²) < 4.78 is 31.6. The Bertz CT molecular complexity index is 917. The lowest BCUT2D eigenvalue weighted by Gasteiger charge is -2.28. The van der Waals surface area contributed by atoms with E-state index in [2.05, 4.69) is 18.6 Å². The van der Waals surface area contributed by atoms with Crippen molar-refractivity contribution in [1.29, 1.82) is 0 Å². The second kappa shape index (κ2) is 46.0. The van der Waals surface area contributed by atoms with Crippen molar-refractivity contribution in [3.8, 4) is 0 Å². The molecule has 0 aliphatic rings. The van der Waals surface area contributed by atoms with Crippen LogP contribution >= 0.6 is 7.82 Å². The first-order valence-corrected chi connectivity index (χ1v) is 25.6. The standard InChI is InChI=1S/C36H75O4P.C10H18O9/c1-3-5-7-9-11-13-15-17-19-21-23-25-27-29-31-33-35-39-41(37,38)40-36-34-32-30-28-26-24-22-20-18-16-14-12-10-8-6-4-2;1-18-9(8(16)5(14)2-11)7(4-13)19-10(17)6(15)3-12/h3-36H2,1-2H3,(H,37,38);4-9,11-12,14-16H,2-3H2,1H3/t;5-,6?,7+,8-,9-/m.1/s1. The molecule has 13 nitrogen and oxygen atoms in total. The van der Waals surface area contributed by atoms with E-state index in [-0.39, 0.29) is 6.29 Å². The number of hydrogen-bond acceptors (Lipinski definition) is 12. The maximum atomic E-state index is 12.0. The van der Waals surface area contributed by atoms with Gasteiger partial charge >= 0.3 is 13.8 Å². The normalized spacial score (nSPS) is 14.2. The van der Waals surface area contributed by atoms with E-state index in [1.54, 1.807) is 0 Å². The molecule has 0 radical (unpaired) electrons. The molecule has 60 heavy (non-hydrogen) atoms. The first-order valence-electron chi connectivity index (χ1n) is 24.1. The summed E-state index contributed by atoms with van der Waals surface area (Å²) in [7, 11) is -2.78. The minimum absolute atomic E-state index is 0.128. The molecule has 6 N–H and O–H groups in total. The molecule has 360 valence electrons. The number of rotatable bonds is 45. The molecule has 1 unspecified atom stereocenters. The van der Waals surface area contributed by atoms with Gasteiger partial charge in [0.2, 0.25) is 0 Å². The number of hydrogen-bond donors (Lipinski definition) is 6. The van der Waals surface area contributed by atoms with Crippen molar-refractivity contribution in [3.05, 3.63) is 0 Å². The summed E-state index contributed by atoms with van der Waals surface area (Å²) in [5.74, 6) is -1.28. The third-order valence-electron chi connectivity index (χ3n) is 10.8. The van der Waals surface area contributed by atoms with Crippen LogP contribution in [0.25, 0.3) is 0 Å². The first-order chi connectivity index (χ1) is 29.0. The average molecular weight is 885 g/mol. The molecule has 0 amide bonds. The molecule has 5 atom stereocenters. The predicted octanol–water partition coefficient (Wildman–Crippen LogP) is 9.82. The third kappa shape index (κ3) is 39.8. The number of aliphatic hydroxyl groups is 5. The van der Waals surface area contributed by atoms with Gasteiger partial charge in [-0.15, -0.1) is 0 Å². The van der Waals surface area contributed by atoms with E-state index in [0.717, 1.165) is 32.8 Å². The van der Waals surface area contributed by atoms with E-state index in [4.69, 9.17) is 29.1 Å². The number of aliphatic hydroxyl groups excluding tert-OH is 5. The smallest absolute Gasteiger partial charge is 0.450 e. The van der Waals surface area contributed by atoms with Gasteiger partial charge in [-0.2, -0.15) is 0 Å². The van der Waals surface area contributed by atoms with Crippen LogP contribution < -0.4 is 0 Å². The first kappa shape index (κ1) is 61.1. The Morgan fingerprint density at radius 2 is 0.833 bits per heavy atom. The highest BCUT2D eigenvalue weighted by Gasteiger charge is 2.36. The van der Waals surface area contributed by atoms with Crippen molar-refractivity contribution in [2.24, 2.45) is 0 Å². The number of methoxy groups -OCH3 is 1. The molecular weight excluding hydrogens is 791 g/mol. The molecule has 0 saturated heterocycles. The number of phosphoric acid groups is 1. The number of aldehydes is 1. The van der Waals surface area contributed by atoms with Crippen LogP contribution in [0.4, 0.5) is 0 Å². The van der Waals surface area contributed by atoms with Crippen LogP contribution in [0.15, 0.2) is 0 Å². The number of phosphoric ester groups is 1. The molecule has 0 heterocycles. The zero-order valence-corrected chi connectivity index (χ0v) is 39.3. The van der Waals surface area contributed by atoms with Crippen LogP contribution in [0.2, 0.25) is 0 Å². The molecular formula is C46H93O13P. The van der Waals surface area contributed by atoms with Gasteiger partial charge in [0.25, 0.3) is 0 Å². The largest absolute Gasteiger partial charge is 0.472 e. The molecule has 0 spiro atoms. The van der Waals surface area contributed by atoms with Crippen molar-refractivity contribution < 1.29 is 63.1 Å². The summed E-state index contributed by atoms with van der Waals surface area (Å²) in [5, 5.41) is 45.0. The van der Waals surface area contributed by atoms with E-state index < -0.39 is 57.5 Å². The number of carbonyl (C=O) groups excluding carboxylic acids is 2. The van der Waals surface area contributed by atoms with Gasteiger partial charge in [-0.25, -0.2) is 9.36 Å². The maximum absolute atomic E-state index is 12.0. The van der Waals surface area contributed by atoms with Crippen LogP contribution in [0.1, 0.15) is 219 Å². The van der Waals surface area contributed by atoms with Gasteiger partial charge < -0.3 is 39.9 Å². The number of ether oxygens (including phenoxy) is 2. The Morgan fingerprint density at radius 3 is 1.08 bits per heavy atom. The zero-order valence-electron chi connectivity index (χ0n) is 38.4. The van der Waals surface area contributed by atoms with E-state index in [9.17, 15) is 29.3 Å². The Labute approximate surface area is 365 Å². The van der Waals surface area contributed by atoms with Gasteiger partial charge in [0, 0.05) is 7.11 Å². The van der Waals surface area contributed by atoms with E-state index in [1.165, 1.54) is 180 Å². The predicted molar refractivity (Wildman–Crippen MR) is 240 cm³/mol. The van der Waals surface area contributed by atoms with Gasteiger partial charge in [-0.1, -0.05) is 206 Å². The van der Waals surface area contributed by atoms with Crippen molar-refractivity contribution in [3.63, 3.8) is 0 Å². The molecule has 0 fully saturated rings. The topological polar surface area (TPSA) is 210 Å². The van der Waals surface area contributed by atoms with E-state index in [1.807, 2.05) is 0 Å². The SMILES string of the molecule is CCCCCCCCCCCCCCCCCCOP(=O)(O)OCCCCCCCCCCCCCCCCCC.CO[C@@H]([C@H](O)[C@H](O)CO)[C@H](C=O)OC(=O)C(O)CO. The summed E-state index contributed by atoms with van der Waals surface area (Å²) in [6.07, 6.45) is 34.2. The fourth-order valence-corrected chi connectivity index (χ4v) is 7.75. The number of unbranched alkanes of at least 4 members (excludes halogenated alkanes) is 30. The lowest BCUT2D eigenvalue weighted by Crippen LogP contribution is -2.50. The molecule has 0 bridgehead atoms. The fourth-order valence-electron chi connectivity index (χ4n) is 6.95. The van der Waals surface area contributed by atoms with Crippen molar-refractivity contribution in [2.45, 2.75) is 250 Å². The van der Waals surface area contributed by atoms with Crippen LogP contribution in [-0.4, -0.2) is 107 Å². The summed E-state index contributed by atoms with van der Waals surface area (Å²) in [5.41, 5.74) is 0. The minimum Gasteiger partial charge on any atom is -0.450 e. The Morgan fingerprint density at radius 1 is 0.533 bits per heavy atom. The van der Waals surface area contributed by atoms with E-state index in [0.29, 0.717) is 13.2 Å². The van der Waals surface area contributed by atoms with Crippen LogP contribution in [-0.2, 0) is 32.7 Å². The fraction of sp³-hybridized carbons (Fsp3) is 0.957. The number of esters is 1. The molecule has 0 aromatic rings. The summed E-state index contributed by atoms with van der Waals surface area (Å²) in [6, 6.07) is 0. The molecule has 0 saturated carbocycles. The molecule has 0 rings (SSSR count). The highest BCUT2D eigenvalue weighted by molar-refractivity contribution is 7.47. The summed E-state index contributed by atoms with van der Waals surface area (Å²) in [6.45, 7) is 3.52. The Kier molecular flexibility index (Phi) is 46.9. The Balaban J connectivity index is 0. The van der Waals surface area contributed by atoms with Crippen molar-refractivity contribution in [1.82, 2.24) is 0 Å². The van der Waals surface area contributed by atoms with Gasteiger partial charge in [0.1, 0.15) is 18.3 Å². The Hall–Kier alpha value is -0.990. The zero-order chi connectivity index (χ0) is 45.0. The molecule has 14 heteroatoms. The van der Waals surface area contributed by atoms with Crippen LogP contribution in [0, 0.1) is 0 Å². The monoisotopic (exact) mass is 885 g/mol.